The normalized spacial score (nSPS) is 27.1. The summed E-state index contributed by atoms with van der Waals surface area (Å²) in [6, 6.07) is 9.99. The van der Waals surface area contributed by atoms with Gasteiger partial charge in [0.25, 0.3) is 5.91 Å². The molecule has 5 rings (SSSR count). The molecular weight excluding hydrogens is 479 g/mol. The zero-order valence-electron chi connectivity index (χ0n) is 20.6. The number of amides is 1. The second-order valence-corrected chi connectivity index (χ2v) is 10.2. The maximum absolute atomic E-state index is 14.8. The Labute approximate surface area is 212 Å². The second-order valence-electron chi connectivity index (χ2n) is 10.2. The molecule has 0 unspecified atom stereocenters. The predicted molar refractivity (Wildman–Crippen MR) is 131 cm³/mol. The van der Waals surface area contributed by atoms with Crippen molar-refractivity contribution in [3.8, 4) is 11.5 Å². The molecule has 0 fully saturated rings. The number of primary amides is 1. The van der Waals surface area contributed by atoms with Crippen molar-refractivity contribution in [2.24, 2.45) is 23.0 Å². The maximum Gasteiger partial charge on any atom is 0.255 e. The summed E-state index contributed by atoms with van der Waals surface area (Å²) in [5.74, 6) is -4.71. The number of Topliss-reactive ketones (excluding diaryl/α,β-unsaturated/α-hetero) is 2. The molecule has 37 heavy (non-hydrogen) atoms. The Balaban J connectivity index is 1.82. The smallest absolute Gasteiger partial charge is 0.255 e. The number of nitrogens with two attached hydrogens (primary N) is 1. The van der Waals surface area contributed by atoms with Gasteiger partial charge in [-0.3, -0.25) is 19.3 Å². The molecule has 0 spiro atoms. The average Bonchev–Trinajstić information content (AvgIpc) is 2.83. The number of carbonyl (C=O) groups is 3. The number of nitrogens with zero attached hydrogens (tertiary/aromatic N) is 1. The number of hydrogen-bond donors (Lipinski definition) is 3. The Bertz CT molecular complexity index is 1410. The van der Waals surface area contributed by atoms with E-state index < -0.39 is 57.9 Å². The lowest BCUT2D eigenvalue weighted by Crippen LogP contribution is -2.59. The summed E-state index contributed by atoms with van der Waals surface area (Å²) >= 11 is 0. The van der Waals surface area contributed by atoms with Crippen LogP contribution in [0.4, 0.5) is 4.39 Å². The van der Waals surface area contributed by atoms with Crippen LogP contribution in [-0.4, -0.2) is 52.7 Å². The van der Waals surface area contributed by atoms with Crippen molar-refractivity contribution in [1.29, 1.82) is 0 Å². The lowest BCUT2D eigenvalue weighted by molar-refractivity contribution is -0.133. The summed E-state index contributed by atoms with van der Waals surface area (Å²) < 4.78 is 21.1. The van der Waals surface area contributed by atoms with Crippen LogP contribution in [0.3, 0.4) is 0 Å². The minimum Gasteiger partial charge on any atom is -0.510 e. The van der Waals surface area contributed by atoms with E-state index in [1.54, 1.807) is 56.3 Å². The molecule has 0 aliphatic heterocycles. The van der Waals surface area contributed by atoms with Crippen LogP contribution in [0.1, 0.15) is 29.3 Å². The van der Waals surface area contributed by atoms with E-state index in [1.807, 2.05) is 0 Å². The SMILES string of the molecule is CN(C)[C@@H]1C(O)=C(C(N)=O)C(=O)[C@@]2(C)C(Oc3ccccc3)=C3C(=O)c4c(O)ccc(F)c4C[C@H]3C[C@@H]12. The number of hydrogen-bond acceptors (Lipinski definition) is 7. The number of phenols is 1. The molecule has 2 aromatic carbocycles. The Morgan fingerprint density at radius 3 is 2.43 bits per heavy atom. The van der Waals surface area contributed by atoms with Crippen LogP contribution < -0.4 is 10.5 Å². The molecular formula is C28H27FN2O6. The Morgan fingerprint density at radius 1 is 1.14 bits per heavy atom. The highest BCUT2D eigenvalue weighted by atomic mass is 19.1. The van der Waals surface area contributed by atoms with Gasteiger partial charge in [0.2, 0.25) is 0 Å². The number of para-hydroxylation sites is 1. The van der Waals surface area contributed by atoms with E-state index in [9.17, 15) is 29.0 Å². The van der Waals surface area contributed by atoms with Crippen LogP contribution in [0, 0.1) is 23.1 Å². The van der Waals surface area contributed by atoms with Gasteiger partial charge in [-0.15, -0.1) is 0 Å². The van der Waals surface area contributed by atoms with Crippen LogP contribution in [-0.2, 0) is 16.0 Å². The number of allylic oxidation sites excluding steroid dienone is 2. The Hall–Kier alpha value is -3.98. The van der Waals surface area contributed by atoms with E-state index in [1.165, 1.54) is 0 Å². The van der Waals surface area contributed by atoms with E-state index >= 15 is 0 Å². The number of aliphatic hydroxyl groups is 1. The van der Waals surface area contributed by atoms with Gasteiger partial charge in [-0.05, 0) is 64.0 Å². The number of aliphatic hydroxyl groups excluding tert-OH is 1. The molecule has 0 radical (unpaired) electrons. The van der Waals surface area contributed by atoms with Crippen molar-refractivity contribution in [2.75, 3.05) is 14.1 Å². The van der Waals surface area contributed by atoms with Crippen LogP contribution in [0.15, 0.2) is 65.1 Å². The van der Waals surface area contributed by atoms with Crippen molar-refractivity contribution in [2.45, 2.75) is 25.8 Å². The molecule has 2 aromatic rings. The maximum atomic E-state index is 14.8. The lowest BCUT2D eigenvalue weighted by atomic mass is 9.54. The number of fused-ring (bicyclic) bond motifs is 3. The average molecular weight is 507 g/mol. The zero-order valence-corrected chi connectivity index (χ0v) is 20.6. The molecule has 1 amide bonds. The standard InChI is InChI=1S/C28H27FN2O6/c1-28-16(22(31(2)3)24(34)21(25(28)35)27(30)36)12-13-11-15-17(29)9-10-18(32)20(15)23(33)19(13)26(28)37-14-7-5-4-6-8-14/h4-10,13,16,22,32,34H,11-12H2,1-3H3,(H2,30,36)/t13-,16-,22-,28-/m0/s1. The number of rotatable bonds is 4. The highest BCUT2D eigenvalue weighted by Crippen LogP contribution is 2.57. The van der Waals surface area contributed by atoms with E-state index in [0.717, 1.165) is 12.1 Å². The quantitative estimate of drug-likeness (QED) is 0.544. The van der Waals surface area contributed by atoms with Gasteiger partial charge in [0.15, 0.2) is 11.6 Å². The third kappa shape index (κ3) is 3.48. The van der Waals surface area contributed by atoms with Crippen molar-refractivity contribution in [1.82, 2.24) is 4.90 Å². The van der Waals surface area contributed by atoms with Crippen LogP contribution in [0.25, 0.3) is 0 Å². The topological polar surface area (TPSA) is 130 Å². The molecule has 0 saturated carbocycles. The molecule has 3 aliphatic carbocycles. The number of aromatic hydroxyl groups is 1. The van der Waals surface area contributed by atoms with Gasteiger partial charge in [-0.25, -0.2) is 4.39 Å². The molecule has 0 heterocycles. The first-order valence-corrected chi connectivity index (χ1v) is 11.9. The first-order chi connectivity index (χ1) is 17.5. The number of likely N-dealkylation sites (N-methyl/N-ethyl adjacent to an activating group) is 1. The number of ketones is 2. The first kappa shape index (κ1) is 24.7. The summed E-state index contributed by atoms with van der Waals surface area (Å²) in [5.41, 5.74) is 3.53. The fraction of sp³-hybridized carbons (Fsp3) is 0.321. The third-order valence-corrected chi connectivity index (χ3v) is 7.94. The Kier molecular flexibility index (Phi) is 5.71. The summed E-state index contributed by atoms with van der Waals surface area (Å²) in [6.07, 6.45) is 0.310. The third-order valence-electron chi connectivity index (χ3n) is 7.94. The zero-order chi connectivity index (χ0) is 26.8. The number of ether oxygens (including phenoxy) is 1. The molecule has 0 aromatic heterocycles. The van der Waals surface area contributed by atoms with E-state index in [2.05, 4.69) is 0 Å². The number of carbonyl (C=O) groups excluding carboxylic acids is 3. The molecule has 4 N–H and O–H groups in total. The highest BCUT2D eigenvalue weighted by Gasteiger charge is 2.62. The van der Waals surface area contributed by atoms with Crippen LogP contribution in [0.5, 0.6) is 11.5 Å². The van der Waals surface area contributed by atoms with E-state index in [-0.39, 0.29) is 41.1 Å². The number of benzene rings is 2. The summed E-state index contributed by atoms with van der Waals surface area (Å²) in [6.45, 7) is 1.58. The fourth-order valence-electron chi connectivity index (χ4n) is 6.25. The van der Waals surface area contributed by atoms with Crippen molar-refractivity contribution in [3.63, 3.8) is 0 Å². The van der Waals surface area contributed by atoms with Gasteiger partial charge < -0.3 is 20.7 Å². The molecule has 192 valence electrons. The fourth-order valence-corrected chi connectivity index (χ4v) is 6.25. The molecule has 0 bridgehead atoms. The molecule has 4 atom stereocenters. The summed E-state index contributed by atoms with van der Waals surface area (Å²) in [4.78, 5) is 42.0. The van der Waals surface area contributed by atoms with Crippen molar-refractivity contribution in [3.05, 3.63) is 82.1 Å². The lowest BCUT2D eigenvalue weighted by Gasteiger charge is -2.52. The van der Waals surface area contributed by atoms with Crippen molar-refractivity contribution >= 4 is 17.5 Å². The van der Waals surface area contributed by atoms with E-state index in [4.69, 9.17) is 10.5 Å². The van der Waals surface area contributed by atoms with Gasteiger partial charge in [0, 0.05) is 17.1 Å². The minimum atomic E-state index is -1.57. The molecule has 8 nitrogen and oxygen atoms in total. The minimum absolute atomic E-state index is 0.0161. The largest absolute Gasteiger partial charge is 0.510 e. The monoisotopic (exact) mass is 506 g/mol. The summed E-state index contributed by atoms with van der Waals surface area (Å²) in [5, 5.41) is 21.6. The first-order valence-electron chi connectivity index (χ1n) is 11.9. The van der Waals surface area contributed by atoms with Gasteiger partial charge in [-0.1, -0.05) is 18.2 Å². The summed E-state index contributed by atoms with van der Waals surface area (Å²) in [7, 11) is 3.40. The predicted octanol–water partition coefficient (Wildman–Crippen LogP) is 3.06. The second kappa shape index (κ2) is 8.55. The number of halogens is 1. The van der Waals surface area contributed by atoms with Gasteiger partial charge in [0.1, 0.15) is 34.4 Å². The Morgan fingerprint density at radius 2 is 1.81 bits per heavy atom. The van der Waals surface area contributed by atoms with Crippen molar-refractivity contribution < 1.29 is 33.7 Å². The van der Waals surface area contributed by atoms with Gasteiger partial charge >= 0.3 is 0 Å². The number of phenolic OH excluding ortho intramolecular Hbond substituents is 1. The molecule has 3 aliphatic rings. The van der Waals surface area contributed by atoms with Crippen LogP contribution in [0.2, 0.25) is 0 Å². The van der Waals surface area contributed by atoms with Gasteiger partial charge in [-0.2, -0.15) is 0 Å². The van der Waals surface area contributed by atoms with Gasteiger partial charge in [0.05, 0.1) is 17.0 Å². The molecule has 9 heteroatoms. The highest BCUT2D eigenvalue weighted by molar-refractivity contribution is 6.23. The van der Waals surface area contributed by atoms with Crippen LogP contribution >= 0.6 is 0 Å². The van der Waals surface area contributed by atoms with E-state index in [0.29, 0.717) is 5.75 Å². The molecule has 0 saturated heterocycles.